The van der Waals surface area contributed by atoms with Gasteiger partial charge < -0.3 is 0 Å². The molecule has 0 aromatic carbocycles. The van der Waals surface area contributed by atoms with Gasteiger partial charge in [-0.1, -0.05) is 52.2 Å². The molecule has 0 radical (unpaired) electrons. The smallest absolute Gasteiger partial charge is 0.00973 e. The number of hydrogen-bond donors (Lipinski definition) is 0. The normalized spacial score (nSPS) is 11.6. The molecule has 0 heteroatoms. The lowest BCUT2D eigenvalue weighted by molar-refractivity contribution is 0.517. The molecule has 0 aromatic rings. The summed E-state index contributed by atoms with van der Waals surface area (Å²) in [5.74, 6) is 0. The minimum absolute atomic E-state index is 0.141. The van der Waals surface area contributed by atoms with Gasteiger partial charge in [0, 0.05) is 0 Å². The average molecular weight is 188 g/mol. The van der Waals surface area contributed by atoms with Crippen LogP contribution in [0.3, 0.4) is 0 Å². The second-order valence-electron chi connectivity index (χ2n) is 4.27. The van der Waals surface area contributed by atoms with E-state index in [2.05, 4.69) is 39.7 Å². The highest BCUT2D eigenvalue weighted by Gasteiger charge is 2.12. The molecule has 0 bridgehead atoms. The van der Waals surface area contributed by atoms with Crippen LogP contribution in [0.4, 0.5) is 0 Å². The number of rotatable bonds is 3. The summed E-state index contributed by atoms with van der Waals surface area (Å²) in [6.07, 6.45) is 7.63. The maximum atomic E-state index is 3.80. The highest BCUT2D eigenvalue weighted by Crippen LogP contribution is 2.25. The Balaban J connectivity index is 4.91. The summed E-state index contributed by atoms with van der Waals surface area (Å²) in [7, 11) is 0. The molecule has 0 saturated carbocycles. The molecule has 0 nitrogen and oxygen atoms in total. The third-order valence-corrected chi connectivity index (χ3v) is 1.97. The van der Waals surface area contributed by atoms with Crippen molar-refractivity contribution in [2.45, 2.75) is 27.7 Å². The summed E-state index contributed by atoms with van der Waals surface area (Å²) < 4.78 is 0. The Morgan fingerprint density at radius 3 is 2.07 bits per heavy atom. The van der Waals surface area contributed by atoms with Crippen LogP contribution in [0, 0.1) is 5.41 Å². The molecule has 0 aliphatic heterocycles. The zero-order chi connectivity index (χ0) is 11.2. The predicted molar refractivity (Wildman–Crippen MR) is 65.2 cm³/mol. The van der Waals surface area contributed by atoms with Gasteiger partial charge in [-0.05, 0) is 29.6 Å². The van der Waals surface area contributed by atoms with Crippen LogP contribution < -0.4 is 0 Å². The number of hydrogen-bond acceptors (Lipinski definition) is 0. The Morgan fingerprint density at radius 2 is 1.71 bits per heavy atom. The van der Waals surface area contributed by atoms with E-state index >= 15 is 0 Å². The van der Waals surface area contributed by atoms with Crippen LogP contribution in [-0.4, -0.2) is 0 Å². The van der Waals surface area contributed by atoms with Gasteiger partial charge in [-0.25, -0.2) is 0 Å². The largest absolute Gasteiger partial charge is 0.118 e. The van der Waals surface area contributed by atoms with E-state index in [1.807, 2.05) is 25.2 Å². The van der Waals surface area contributed by atoms with Crippen LogP contribution in [0.15, 0.2) is 54.3 Å². The van der Waals surface area contributed by atoms with Gasteiger partial charge >= 0.3 is 0 Å². The van der Waals surface area contributed by atoms with Gasteiger partial charge in [0.25, 0.3) is 0 Å². The molecular weight excluding hydrogens is 168 g/mol. The van der Waals surface area contributed by atoms with Gasteiger partial charge in [-0.2, -0.15) is 0 Å². The van der Waals surface area contributed by atoms with E-state index < -0.39 is 0 Å². The summed E-state index contributed by atoms with van der Waals surface area (Å²) in [5, 5.41) is 0. The van der Waals surface area contributed by atoms with Crippen molar-refractivity contribution in [2.24, 2.45) is 5.41 Å². The molecule has 0 rings (SSSR count). The van der Waals surface area contributed by atoms with E-state index in [0.29, 0.717) is 0 Å². The molecule has 0 heterocycles. The minimum Gasteiger partial charge on any atom is -0.118 e. The Hall–Kier alpha value is -1.26. The van der Waals surface area contributed by atoms with E-state index in [1.54, 1.807) is 6.08 Å². The van der Waals surface area contributed by atoms with E-state index in [-0.39, 0.29) is 5.41 Å². The maximum absolute atomic E-state index is 3.80. The van der Waals surface area contributed by atoms with Gasteiger partial charge in [0.15, 0.2) is 0 Å². The SMILES string of the molecule is C=CC(C)=C=CC=C(C=C)C(C)(C)C. The fraction of sp³-hybridized carbons (Fsp3) is 0.357. The molecular formula is C14H20. The Kier molecular flexibility index (Phi) is 4.97. The monoisotopic (exact) mass is 188 g/mol. The van der Waals surface area contributed by atoms with Gasteiger partial charge in [-0.15, -0.1) is 5.73 Å². The lowest BCUT2D eigenvalue weighted by atomic mass is 9.86. The van der Waals surface area contributed by atoms with Crippen LogP contribution in [0.25, 0.3) is 0 Å². The van der Waals surface area contributed by atoms with Gasteiger partial charge in [-0.3, -0.25) is 0 Å². The van der Waals surface area contributed by atoms with Crippen molar-refractivity contribution in [3.63, 3.8) is 0 Å². The molecule has 0 amide bonds. The molecule has 0 N–H and O–H groups in total. The van der Waals surface area contributed by atoms with Gasteiger partial charge in [0.1, 0.15) is 0 Å². The van der Waals surface area contributed by atoms with Crippen molar-refractivity contribution < 1.29 is 0 Å². The third kappa shape index (κ3) is 4.69. The van der Waals surface area contributed by atoms with Crippen molar-refractivity contribution in [1.29, 1.82) is 0 Å². The molecule has 0 spiro atoms. The third-order valence-electron chi connectivity index (χ3n) is 1.97. The Bertz CT molecular complexity index is 299. The molecule has 0 fully saturated rings. The topological polar surface area (TPSA) is 0 Å². The first-order valence-corrected chi connectivity index (χ1v) is 4.80. The highest BCUT2D eigenvalue weighted by molar-refractivity contribution is 5.28. The Morgan fingerprint density at radius 1 is 1.14 bits per heavy atom. The predicted octanol–water partition coefficient (Wildman–Crippen LogP) is 4.43. The molecule has 76 valence electrons. The molecule has 0 aromatic heterocycles. The number of allylic oxidation sites excluding steroid dienone is 5. The van der Waals surface area contributed by atoms with Crippen molar-refractivity contribution in [2.75, 3.05) is 0 Å². The summed E-state index contributed by atoms with van der Waals surface area (Å²) >= 11 is 0. The van der Waals surface area contributed by atoms with E-state index in [9.17, 15) is 0 Å². The maximum Gasteiger partial charge on any atom is -0.00973 e. The van der Waals surface area contributed by atoms with E-state index in [4.69, 9.17) is 0 Å². The first kappa shape index (κ1) is 12.7. The molecule has 0 aliphatic rings. The quantitative estimate of drug-likeness (QED) is 0.454. The van der Waals surface area contributed by atoms with Crippen LogP contribution in [-0.2, 0) is 0 Å². The first-order valence-electron chi connectivity index (χ1n) is 4.80. The lowest BCUT2D eigenvalue weighted by Gasteiger charge is -2.19. The van der Waals surface area contributed by atoms with Crippen LogP contribution in [0.1, 0.15) is 27.7 Å². The fourth-order valence-electron chi connectivity index (χ4n) is 0.946. The van der Waals surface area contributed by atoms with Crippen LogP contribution in [0.5, 0.6) is 0 Å². The summed E-state index contributed by atoms with van der Waals surface area (Å²) in [6, 6.07) is 0. The average Bonchev–Trinajstić information content (AvgIpc) is 2.09. The molecule has 0 saturated heterocycles. The van der Waals surface area contributed by atoms with E-state index in [1.165, 1.54) is 5.57 Å². The van der Waals surface area contributed by atoms with Gasteiger partial charge in [0.05, 0.1) is 0 Å². The molecule has 0 unspecified atom stereocenters. The zero-order valence-corrected chi connectivity index (χ0v) is 9.72. The summed E-state index contributed by atoms with van der Waals surface area (Å²) in [5.41, 5.74) is 5.51. The van der Waals surface area contributed by atoms with Crippen LogP contribution in [0.2, 0.25) is 0 Å². The minimum atomic E-state index is 0.141. The summed E-state index contributed by atoms with van der Waals surface area (Å²) in [6.45, 7) is 15.9. The summed E-state index contributed by atoms with van der Waals surface area (Å²) in [4.78, 5) is 0. The van der Waals surface area contributed by atoms with Crippen LogP contribution >= 0.6 is 0 Å². The molecule has 0 aliphatic carbocycles. The molecule has 0 atom stereocenters. The Labute approximate surface area is 88.0 Å². The van der Waals surface area contributed by atoms with E-state index in [0.717, 1.165) is 5.57 Å². The van der Waals surface area contributed by atoms with Crippen molar-refractivity contribution in [3.8, 4) is 0 Å². The lowest BCUT2D eigenvalue weighted by Crippen LogP contribution is -2.06. The second-order valence-corrected chi connectivity index (χ2v) is 4.27. The fourth-order valence-corrected chi connectivity index (χ4v) is 0.946. The van der Waals surface area contributed by atoms with Gasteiger partial charge in [0.2, 0.25) is 0 Å². The van der Waals surface area contributed by atoms with Crippen molar-refractivity contribution in [3.05, 3.63) is 54.3 Å². The standard InChI is InChI=1S/C14H20/c1-7-12(3)10-9-11-13(8-2)14(4,5)6/h7-9,11H,1-2H2,3-6H3. The van der Waals surface area contributed by atoms with Crippen molar-refractivity contribution in [1.82, 2.24) is 0 Å². The second kappa shape index (κ2) is 5.47. The zero-order valence-electron chi connectivity index (χ0n) is 9.72. The highest BCUT2D eigenvalue weighted by atomic mass is 14.2. The first-order chi connectivity index (χ1) is 6.41. The van der Waals surface area contributed by atoms with Crippen molar-refractivity contribution >= 4 is 0 Å². The molecule has 14 heavy (non-hydrogen) atoms.